The SMILES string of the molecule is CCC[C@]1(C(=O)O)CCN(Cc2ccc(OC)c(COC)c2)C[C@H]1O. The number of hydrogen-bond donors (Lipinski definition) is 2. The second kappa shape index (κ2) is 8.65. The predicted octanol–water partition coefficient (Wildman–Crippen LogP) is 2.28. The zero-order chi connectivity index (χ0) is 18.4. The Morgan fingerprint density at radius 1 is 1.40 bits per heavy atom. The van der Waals surface area contributed by atoms with Crippen molar-refractivity contribution < 1.29 is 24.5 Å². The summed E-state index contributed by atoms with van der Waals surface area (Å²) in [5, 5.41) is 20.1. The maximum Gasteiger partial charge on any atom is 0.312 e. The Labute approximate surface area is 149 Å². The van der Waals surface area contributed by atoms with Crippen molar-refractivity contribution in [2.24, 2.45) is 5.41 Å². The topological polar surface area (TPSA) is 79.2 Å². The second-order valence-corrected chi connectivity index (χ2v) is 6.79. The highest BCUT2D eigenvalue weighted by molar-refractivity contribution is 5.75. The van der Waals surface area contributed by atoms with E-state index in [0.29, 0.717) is 39.1 Å². The highest BCUT2D eigenvalue weighted by Gasteiger charge is 2.47. The van der Waals surface area contributed by atoms with Crippen molar-refractivity contribution in [1.29, 1.82) is 0 Å². The summed E-state index contributed by atoms with van der Waals surface area (Å²) in [4.78, 5) is 13.8. The molecule has 6 nitrogen and oxygen atoms in total. The number of carboxylic acid groups (broad SMARTS) is 1. The van der Waals surface area contributed by atoms with Gasteiger partial charge in [-0.2, -0.15) is 0 Å². The molecule has 2 N–H and O–H groups in total. The number of hydrogen-bond acceptors (Lipinski definition) is 5. The molecule has 1 saturated heterocycles. The summed E-state index contributed by atoms with van der Waals surface area (Å²) in [6.45, 7) is 4.13. The van der Waals surface area contributed by atoms with E-state index in [4.69, 9.17) is 9.47 Å². The number of piperidine rings is 1. The van der Waals surface area contributed by atoms with Crippen molar-refractivity contribution in [3.63, 3.8) is 0 Å². The average Bonchev–Trinajstić information content (AvgIpc) is 2.58. The molecule has 1 aromatic rings. The van der Waals surface area contributed by atoms with Gasteiger partial charge in [0.1, 0.15) is 5.75 Å². The zero-order valence-electron chi connectivity index (χ0n) is 15.3. The first-order valence-corrected chi connectivity index (χ1v) is 8.75. The number of carbonyl (C=O) groups is 1. The standard InChI is InChI=1S/C19H29NO5/c1-4-7-19(18(22)23)8-9-20(12-17(19)21)11-14-5-6-16(25-3)15(10-14)13-24-2/h5-6,10,17,21H,4,7-9,11-13H2,1-3H3,(H,22,23)/t17-,19+/m1/s1. The Bertz CT molecular complexity index is 591. The van der Waals surface area contributed by atoms with Gasteiger partial charge < -0.3 is 19.7 Å². The van der Waals surface area contributed by atoms with Crippen LogP contribution < -0.4 is 4.74 Å². The summed E-state index contributed by atoms with van der Waals surface area (Å²) in [6, 6.07) is 5.96. The summed E-state index contributed by atoms with van der Waals surface area (Å²) in [5.41, 5.74) is 1.07. The highest BCUT2D eigenvalue weighted by atomic mass is 16.5. The Morgan fingerprint density at radius 2 is 2.16 bits per heavy atom. The van der Waals surface area contributed by atoms with Crippen LogP contribution in [0.4, 0.5) is 0 Å². The molecule has 25 heavy (non-hydrogen) atoms. The van der Waals surface area contributed by atoms with Gasteiger partial charge in [0.2, 0.25) is 0 Å². The molecule has 2 rings (SSSR count). The maximum absolute atomic E-state index is 11.7. The molecule has 0 amide bonds. The highest BCUT2D eigenvalue weighted by Crippen LogP contribution is 2.37. The molecule has 1 fully saturated rings. The fourth-order valence-electron chi connectivity index (χ4n) is 3.73. The van der Waals surface area contributed by atoms with Crippen LogP contribution in [-0.4, -0.2) is 54.5 Å². The molecule has 0 bridgehead atoms. The van der Waals surface area contributed by atoms with Gasteiger partial charge in [0, 0.05) is 25.8 Å². The van der Waals surface area contributed by atoms with Gasteiger partial charge in [-0.25, -0.2) is 0 Å². The number of methoxy groups -OCH3 is 2. The molecule has 6 heteroatoms. The normalized spacial score (nSPS) is 24.2. The van der Waals surface area contributed by atoms with Crippen molar-refractivity contribution in [1.82, 2.24) is 4.90 Å². The third-order valence-electron chi connectivity index (χ3n) is 5.12. The molecule has 0 spiro atoms. The minimum atomic E-state index is -1.01. The molecular formula is C19H29NO5. The third kappa shape index (κ3) is 4.32. The van der Waals surface area contributed by atoms with Crippen LogP contribution in [0.5, 0.6) is 5.75 Å². The molecule has 1 heterocycles. The summed E-state index contributed by atoms with van der Waals surface area (Å²) < 4.78 is 10.6. The lowest BCUT2D eigenvalue weighted by atomic mass is 9.73. The van der Waals surface area contributed by atoms with Gasteiger partial charge in [0.05, 0.1) is 25.2 Å². The summed E-state index contributed by atoms with van der Waals surface area (Å²) >= 11 is 0. The van der Waals surface area contributed by atoms with Gasteiger partial charge >= 0.3 is 5.97 Å². The molecule has 1 aromatic carbocycles. The fourth-order valence-corrected chi connectivity index (χ4v) is 3.73. The Kier molecular flexibility index (Phi) is 6.81. The van der Waals surface area contributed by atoms with E-state index in [1.165, 1.54) is 0 Å². The van der Waals surface area contributed by atoms with Gasteiger partial charge in [-0.1, -0.05) is 19.4 Å². The number of ether oxygens (including phenoxy) is 2. The minimum absolute atomic E-state index is 0.373. The zero-order valence-corrected chi connectivity index (χ0v) is 15.3. The summed E-state index contributed by atoms with van der Waals surface area (Å²) in [7, 11) is 3.28. The number of carboxylic acids is 1. The Morgan fingerprint density at radius 3 is 2.72 bits per heavy atom. The number of aliphatic hydroxyl groups excluding tert-OH is 1. The van der Waals surface area contributed by atoms with Crippen LogP contribution in [-0.2, 0) is 22.7 Å². The lowest BCUT2D eigenvalue weighted by Gasteiger charge is -2.42. The molecule has 1 aliphatic heterocycles. The third-order valence-corrected chi connectivity index (χ3v) is 5.12. The van der Waals surface area contributed by atoms with Crippen molar-refractivity contribution in [2.45, 2.75) is 45.4 Å². The van der Waals surface area contributed by atoms with Gasteiger partial charge in [-0.05, 0) is 37.1 Å². The first-order chi connectivity index (χ1) is 12.0. The number of aliphatic hydroxyl groups is 1. The molecule has 140 valence electrons. The van der Waals surface area contributed by atoms with E-state index in [2.05, 4.69) is 4.90 Å². The molecule has 0 unspecified atom stereocenters. The van der Waals surface area contributed by atoms with E-state index >= 15 is 0 Å². The Balaban J connectivity index is 2.08. The number of β-amino-alcohol motifs (C(OH)–C–C–N with tert-alkyl or cyclic N) is 1. The average molecular weight is 351 g/mol. The van der Waals surface area contributed by atoms with Crippen molar-refractivity contribution >= 4 is 5.97 Å². The largest absolute Gasteiger partial charge is 0.496 e. The molecule has 2 atom stereocenters. The van der Waals surface area contributed by atoms with Crippen molar-refractivity contribution in [2.75, 3.05) is 27.3 Å². The summed E-state index contributed by atoms with van der Waals surface area (Å²) in [5.74, 6) is -0.0922. The van der Waals surface area contributed by atoms with Crippen molar-refractivity contribution in [3.8, 4) is 5.75 Å². The van der Waals surface area contributed by atoms with Gasteiger partial charge in [-0.3, -0.25) is 9.69 Å². The van der Waals surface area contributed by atoms with E-state index in [9.17, 15) is 15.0 Å². The first kappa shape index (κ1) is 19.7. The van der Waals surface area contributed by atoms with Crippen molar-refractivity contribution in [3.05, 3.63) is 29.3 Å². The van der Waals surface area contributed by atoms with E-state index in [1.807, 2.05) is 25.1 Å². The molecular weight excluding hydrogens is 322 g/mol. The number of benzene rings is 1. The van der Waals surface area contributed by atoms with Crippen LogP contribution in [0, 0.1) is 5.41 Å². The van der Waals surface area contributed by atoms with Crippen LogP contribution in [0.1, 0.15) is 37.3 Å². The minimum Gasteiger partial charge on any atom is -0.496 e. The second-order valence-electron chi connectivity index (χ2n) is 6.79. The molecule has 1 aliphatic rings. The van der Waals surface area contributed by atoms with Crippen LogP contribution >= 0.6 is 0 Å². The monoisotopic (exact) mass is 351 g/mol. The molecule has 0 radical (unpaired) electrons. The number of likely N-dealkylation sites (tertiary alicyclic amines) is 1. The van der Waals surface area contributed by atoms with E-state index in [0.717, 1.165) is 23.3 Å². The van der Waals surface area contributed by atoms with Gasteiger partial charge in [0.15, 0.2) is 0 Å². The molecule has 0 aromatic heterocycles. The van der Waals surface area contributed by atoms with E-state index in [-0.39, 0.29) is 0 Å². The quantitative estimate of drug-likeness (QED) is 0.748. The fraction of sp³-hybridized carbons (Fsp3) is 0.632. The maximum atomic E-state index is 11.7. The summed E-state index contributed by atoms with van der Waals surface area (Å²) in [6.07, 6.45) is 0.883. The van der Waals surface area contributed by atoms with E-state index < -0.39 is 17.5 Å². The van der Waals surface area contributed by atoms with Crippen LogP contribution in [0.15, 0.2) is 18.2 Å². The van der Waals surface area contributed by atoms with Crippen LogP contribution in [0.2, 0.25) is 0 Å². The van der Waals surface area contributed by atoms with E-state index in [1.54, 1.807) is 14.2 Å². The number of nitrogens with zero attached hydrogens (tertiary/aromatic N) is 1. The smallest absolute Gasteiger partial charge is 0.312 e. The van der Waals surface area contributed by atoms with Gasteiger partial charge in [-0.15, -0.1) is 0 Å². The number of rotatable bonds is 8. The van der Waals surface area contributed by atoms with Crippen LogP contribution in [0.25, 0.3) is 0 Å². The first-order valence-electron chi connectivity index (χ1n) is 8.75. The lowest BCUT2D eigenvalue weighted by Crippen LogP contribution is -2.54. The lowest BCUT2D eigenvalue weighted by molar-refractivity contribution is -0.164. The van der Waals surface area contributed by atoms with Gasteiger partial charge in [0.25, 0.3) is 0 Å². The Hall–Kier alpha value is -1.63. The molecule has 0 saturated carbocycles. The van der Waals surface area contributed by atoms with Crippen LogP contribution in [0.3, 0.4) is 0 Å². The predicted molar refractivity (Wildman–Crippen MR) is 94.6 cm³/mol. The number of aliphatic carboxylic acids is 1. The molecule has 0 aliphatic carbocycles.